The zero-order valence-corrected chi connectivity index (χ0v) is 12.4. The Hall–Kier alpha value is -1.23. The molecule has 1 saturated heterocycles. The number of nitrogens with one attached hydrogen (secondary N) is 1. The van der Waals surface area contributed by atoms with Gasteiger partial charge in [0.15, 0.2) is 0 Å². The minimum Gasteiger partial charge on any atom is -0.490 e. The Bertz CT molecular complexity index is 453. The van der Waals surface area contributed by atoms with Crippen molar-refractivity contribution < 1.29 is 17.9 Å². The first-order valence-corrected chi connectivity index (χ1v) is 7.41. The van der Waals surface area contributed by atoms with Crippen molar-refractivity contribution in [2.45, 2.75) is 39.0 Å². The lowest BCUT2D eigenvalue weighted by molar-refractivity contribution is -0.137. The van der Waals surface area contributed by atoms with Gasteiger partial charge in [-0.1, -0.05) is 19.9 Å². The van der Waals surface area contributed by atoms with Gasteiger partial charge in [-0.05, 0) is 43.5 Å². The quantitative estimate of drug-likeness (QED) is 0.883. The van der Waals surface area contributed by atoms with Gasteiger partial charge in [-0.15, -0.1) is 0 Å². The van der Waals surface area contributed by atoms with E-state index >= 15 is 0 Å². The fraction of sp³-hybridized carbons (Fsp3) is 0.625. The van der Waals surface area contributed by atoms with Crippen LogP contribution < -0.4 is 10.1 Å². The molecule has 5 heteroatoms. The summed E-state index contributed by atoms with van der Waals surface area (Å²) in [5, 5.41) is 3.29. The third-order valence-electron chi connectivity index (χ3n) is 3.78. The van der Waals surface area contributed by atoms with E-state index in [1.54, 1.807) is 6.07 Å². The molecule has 1 aliphatic rings. The van der Waals surface area contributed by atoms with Crippen LogP contribution in [0, 0.1) is 11.8 Å². The second-order valence-electron chi connectivity index (χ2n) is 6.06. The van der Waals surface area contributed by atoms with Gasteiger partial charge in [-0.25, -0.2) is 0 Å². The minimum atomic E-state index is -4.33. The van der Waals surface area contributed by atoms with Crippen LogP contribution in [-0.2, 0) is 6.18 Å². The Morgan fingerprint density at radius 1 is 1.33 bits per heavy atom. The van der Waals surface area contributed by atoms with Crippen molar-refractivity contribution in [2.75, 3.05) is 13.1 Å². The predicted octanol–water partition coefficient (Wildman–Crippen LogP) is 4.11. The topological polar surface area (TPSA) is 21.3 Å². The molecule has 2 atom stereocenters. The first kappa shape index (κ1) is 16.1. The molecule has 0 saturated carbocycles. The van der Waals surface area contributed by atoms with Crippen LogP contribution in [0.3, 0.4) is 0 Å². The Labute approximate surface area is 123 Å². The normalized spacial score (nSPS) is 20.8. The Kier molecular flexibility index (Phi) is 5.14. The number of halogens is 3. The predicted molar refractivity (Wildman–Crippen MR) is 76.3 cm³/mol. The van der Waals surface area contributed by atoms with Gasteiger partial charge in [0.25, 0.3) is 0 Å². The molecule has 0 aliphatic carbocycles. The summed E-state index contributed by atoms with van der Waals surface area (Å²) >= 11 is 0. The van der Waals surface area contributed by atoms with Crippen molar-refractivity contribution in [1.29, 1.82) is 0 Å². The first-order valence-electron chi connectivity index (χ1n) is 7.41. The Morgan fingerprint density at radius 2 is 2.10 bits per heavy atom. The summed E-state index contributed by atoms with van der Waals surface area (Å²) in [5.74, 6) is 1.12. The van der Waals surface area contributed by atoms with Crippen molar-refractivity contribution in [3.63, 3.8) is 0 Å². The summed E-state index contributed by atoms with van der Waals surface area (Å²) in [4.78, 5) is 0. The Morgan fingerprint density at radius 3 is 2.67 bits per heavy atom. The maximum absolute atomic E-state index is 12.8. The summed E-state index contributed by atoms with van der Waals surface area (Å²) in [6, 6.07) is 5.17. The molecule has 0 aromatic heterocycles. The highest BCUT2D eigenvalue weighted by Crippen LogP contribution is 2.32. The highest BCUT2D eigenvalue weighted by atomic mass is 19.4. The van der Waals surface area contributed by atoms with E-state index in [1.807, 2.05) is 0 Å². The van der Waals surface area contributed by atoms with Gasteiger partial charge in [0.1, 0.15) is 11.9 Å². The molecule has 118 valence electrons. The second kappa shape index (κ2) is 6.69. The van der Waals surface area contributed by atoms with Crippen LogP contribution in [0.5, 0.6) is 5.75 Å². The van der Waals surface area contributed by atoms with Gasteiger partial charge in [-0.2, -0.15) is 13.2 Å². The molecule has 21 heavy (non-hydrogen) atoms. The fourth-order valence-corrected chi connectivity index (χ4v) is 2.72. The largest absolute Gasteiger partial charge is 0.490 e. The highest BCUT2D eigenvalue weighted by Gasteiger charge is 2.31. The van der Waals surface area contributed by atoms with E-state index in [2.05, 4.69) is 19.2 Å². The molecule has 1 aromatic carbocycles. The number of hydrogen-bond donors (Lipinski definition) is 1. The molecule has 1 heterocycles. The number of hydrogen-bond acceptors (Lipinski definition) is 2. The van der Waals surface area contributed by atoms with E-state index in [9.17, 15) is 13.2 Å². The van der Waals surface area contributed by atoms with Gasteiger partial charge >= 0.3 is 6.18 Å². The molecular formula is C16H22F3NO. The maximum atomic E-state index is 12.8. The summed E-state index contributed by atoms with van der Waals surface area (Å²) < 4.78 is 44.2. The second-order valence-corrected chi connectivity index (χ2v) is 6.06. The lowest BCUT2D eigenvalue weighted by Gasteiger charge is -2.26. The van der Waals surface area contributed by atoms with Crippen molar-refractivity contribution in [3.8, 4) is 5.75 Å². The number of benzene rings is 1. The van der Waals surface area contributed by atoms with Crippen LogP contribution >= 0.6 is 0 Å². The van der Waals surface area contributed by atoms with Crippen LogP contribution in [-0.4, -0.2) is 19.2 Å². The molecule has 1 N–H and O–H groups in total. The maximum Gasteiger partial charge on any atom is 0.416 e. The average Bonchev–Trinajstić information content (AvgIpc) is 2.90. The summed E-state index contributed by atoms with van der Waals surface area (Å²) in [6.45, 7) is 6.03. The smallest absolute Gasteiger partial charge is 0.416 e. The first-order chi connectivity index (χ1) is 9.86. The minimum absolute atomic E-state index is 0.0384. The van der Waals surface area contributed by atoms with Gasteiger partial charge in [0, 0.05) is 12.5 Å². The summed E-state index contributed by atoms with van der Waals surface area (Å²) in [6.07, 6.45) is -2.51. The lowest BCUT2D eigenvalue weighted by Crippen LogP contribution is -2.30. The molecule has 0 bridgehead atoms. The fourth-order valence-electron chi connectivity index (χ4n) is 2.72. The monoisotopic (exact) mass is 301 g/mol. The number of ether oxygens (including phenoxy) is 1. The van der Waals surface area contributed by atoms with Crippen molar-refractivity contribution in [3.05, 3.63) is 29.8 Å². The number of alkyl halides is 3. The third-order valence-corrected chi connectivity index (χ3v) is 3.78. The van der Waals surface area contributed by atoms with Crippen LogP contribution in [0.25, 0.3) is 0 Å². The molecular weight excluding hydrogens is 279 g/mol. The van der Waals surface area contributed by atoms with E-state index in [0.717, 1.165) is 38.1 Å². The van der Waals surface area contributed by atoms with Crippen molar-refractivity contribution >= 4 is 0 Å². The van der Waals surface area contributed by atoms with Gasteiger partial charge in [-0.3, -0.25) is 0 Å². The van der Waals surface area contributed by atoms with E-state index in [-0.39, 0.29) is 6.10 Å². The van der Waals surface area contributed by atoms with Gasteiger partial charge in [0.2, 0.25) is 0 Å². The highest BCUT2D eigenvalue weighted by molar-refractivity contribution is 5.30. The van der Waals surface area contributed by atoms with Crippen molar-refractivity contribution in [2.24, 2.45) is 11.8 Å². The van der Waals surface area contributed by atoms with E-state index in [0.29, 0.717) is 17.6 Å². The molecule has 2 rings (SSSR count). The Balaban J connectivity index is 2.12. The molecule has 1 fully saturated rings. The van der Waals surface area contributed by atoms with Crippen LogP contribution in [0.1, 0.15) is 32.3 Å². The molecule has 2 nitrogen and oxygen atoms in total. The average molecular weight is 301 g/mol. The zero-order valence-electron chi connectivity index (χ0n) is 12.4. The van der Waals surface area contributed by atoms with E-state index in [4.69, 9.17) is 4.74 Å². The standard InChI is InChI=1S/C16H22F3NO/c1-11(2)8-15(12-6-7-20-10-12)21-14-5-3-4-13(9-14)16(17,18)19/h3-5,9,11-12,15,20H,6-8,10H2,1-2H3. The third kappa shape index (κ3) is 4.63. The van der Waals surface area contributed by atoms with Crippen LogP contribution in [0.2, 0.25) is 0 Å². The molecule has 0 spiro atoms. The molecule has 1 aliphatic heterocycles. The van der Waals surface area contributed by atoms with Gasteiger partial charge < -0.3 is 10.1 Å². The van der Waals surface area contributed by atoms with Crippen LogP contribution in [0.4, 0.5) is 13.2 Å². The van der Waals surface area contributed by atoms with E-state index in [1.165, 1.54) is 6.07 Å². The lowest BCUT2D eigenvalue weighted by atomic mass is 9.93. The zero-order chi connectivity index (χ0) is 15.5. The molecule has 2 unspecified atom stereocenters. The molecule has 1 aromatic rings. The van der Waals surface area contributed by atoms with E-state index < -0.39 is 11.7 Å². The SMILES string of the molecule is CC(C)CC(Oc1cccc(C(F)(F)F)c1)C1CCNC1. The summed E-state index contributed by atoms with van der Waals surface area (Å²) in [7, 11) is 0. The van der Waals surface area contributed by atoms with Crippen LogP contribution in [0.15, 0.2) is 24.3 Å². The molecule has 0 amide bonds. The molecule has 0 radical (unpaired) electrons. The van der Waals surface area contributed by atoms with Gasteiger partial charge in [0.05, 0.1) is 5.56 Å². The summed E-state index contributed by atoms with van der Waals surface area (Å²) in [5.41, 5.74) is -0.659. The van der Waals surface area contributed by atoms with Crippen molar-refractivity contribution in [1.82, 2.24) is 5.32 Å². The number of rotatable bonds is 5.